The predicted molar refractivity (Wildman–Crippen MR) is 117 cm³/mol. The van der Waals surface area contributed by atoms with Crippen molar-refractivity contribution in [2.24, 2.45) is 0 Å². The summed E-state index contributed by atoms with van der Waals surface area (Å²) in [6.45, 7) is 0.0593. The molecule has 1 saturated heterocycles. The fourth-order valence-electron chi connectivity index (χ4n) is 3.91. The Bertz CT molecular complexity index is 1280. The molecule has 1 unspecified atom stereocenters. The number of phenols is 1. The topological polar surface area (TPSA) is 96.3 Å². The highest BCUT2D eigenvalue weighted by atomic mass is 35.5. The SMILES string of the molecule is O=C1C(=O)N(c2ccc(Cl)cc2)C(c2cccc(O)c2)/C1=C(/O)c1ccc2c(c1)OCO2. The third-order valence-corrected chi connectivity index (χ3v) is 5.63. The van der Waals surface area contributed by atoms with Gasteiger partial charge in [0.1, 0.15) is 11.5 Å². The maximum Gasteiger partial charge on any atom is 0.300 e. The number of aliphatic hydroxyl groups excluding tert-OH is 1. The normalized spacial score (nSPS) is 18.9. The predicted octanol–water partition coefficient (Wildman–Crippen LogP) is 4.40. The Labute approximate surface area is 187 Å². The number of ether oxygens (including phenoxy) is 2. The summed E-state index contributed by atoms with van der Waals surface area (Å²) in [5.74, 6) is -1.09. The molecule has 1 atom stereocenters. The first-order valence-electron chi connectivity index (χ1n) is 9.69. The number of aromatic hydroxyl groups is 1. The lowest BCUT2D eigenvalue weighted by Crippen LogP contribution is -2.29. The molecule has 3 aromatic carbocycles. The minimum Gasteiger partial charge on any atom is -0.508 e. The van der Waals surface area contributed by atoms with Crippen LogP contribution in [-0.2, 0) is 9.59 Å². The van der Waals surface area contributed by atoms with Crippen LogP contribution in [0.15, 0.2) is 72.3 Å². The molecule has 0 aliphatic carbocycles. The number of benzene rings is 3. The molecule has 3 aromatic rings. The Balaban J connectivity index is 1.71. The summed E-state index contributed by atoms with van der Waals surface area (Å²) in [4.78, 5) is 27.5. The Morgan fingerprint density at radius 3 is 2.47 bits per heavy atom. The number of carbonyl (C=O) groups excluding carboxylic acids is 2. The van der Waals surface area contributed by atoms with E-state index in [9.17, 15) is 19.8 Å². The van der Waals surface area contributed by atoms with Crippen LogP contribution in [0.2, 0.25) is 5.02 Å². The van der Waals surface area contributed by atoms with Gasteiger partial charge in [0.2, 0.25) is 6.79 Å². The fraction of sp³-hybridized carbons (Fsp3) is 0.0833. The molecular weight excluding hydrogens is 434 g/mol. The first-order valence-corrected chi connectivity index (χ1v) is 10.1. The average Bonchev–Trinajstić information content (AvgIpc) is 3.36. The lowest BCUT2D eigenvalue weighted by molar-refractivity contribution is -0.132. The van der Waals surface area contributed by atoms with Gasteiger partial charge < -0.3 is 19.7 Å². The van der Waals surface area contributed by atoms with Gasteiger partial charge in [0.05, 0.1) is 11.6 Å². The number of fused-ring (bicyclic) bond motifs is 1. The van der Waals surface area contributed by atoms with E-state index in [0.29, 0.717) is 33.3 Å². The zero-order chi connectivity index (χ0) is 22.4. The number of anilines is 1. The molecule has 2 aliphatic rings. The highest BCUT2D eigenvalue weighted by Gasteiger charge is 2.47. The second-order valence-corrected chi connectivity index (χ2v) is 7.74. The Hall–Kier alpha value is -3.97. The molecule has 2 aliphatic heterocycles. The van der Waals surface area contributed by atoms with Gasteiger partial charge in [-0.25, -0.2) is 0 Å². The van der Waals surface area contributed by atoms with Crippen LogP contribution in [0.3, 0.4) is 0 Å². The fourth-order valence-corrected chi connectivity index (χ4v) is 4.04. The number of hydrogen-bond donors (Lipinski definition) is 2. The van der Waals surface area contributed by atoms with Gasteiger partial charge >= 0.3 is 0 Å². The maximum absolute atomic E-state index is 13.1. The average molecular weight is 450 g/mol. The Kier molecular flexibility index (Phi) is 4.75. The number of aliphatic hydroxyl groups is 1. The number of ketones is 1. The molecule has 2 heterocycles. The van der Waals surface area contributed by atoms with Crippen LogP contribution in [-0.4, -0.2) is 28.7 Å². The van der Waals surface area contributed by atoms with Crippen molar-refractivity contribution < 1.29 is 29.3 Å². The van der Waals surface area contributed by atoms with Gasteiger partial charge in [-0.3, -0.25) is 14.5 Å². The quantitative estimate of drug-likeness (QED) is 0.349. The van der Waals surface area contributed by atoms with Gasteiger partial charge in [-0.2, -0.15) is 0 Å². The van der Waals surface area contributed by atoms with E-state index >= 15 is 0 Å². The number of rotatable bonds is 3. The number of carbonyl (C=O) groups is 2. The van der Waals surface area contributed by atoms with Gasteiger partial charge in [0.25, 0.3) is 11.7 Å². The zero-order valence-electron chi connectivity index (χ0n) is 16.5. The number of nitrogens with zero attached hydrogens (tertiary/aromatic N) is 1. The minimum atomic E-state index is -0.964. The lowest BCUT2D eigenvalue weighted by Gasteiger charge is -2.25. The van der Waals surface area contributed by atoms with Crippen LogP contribution in [0.25, 0.3) is 5.76 Å². The highest BCUT2D eigenvalue weighted by molar-refractivity contribution is 6.51. The van der Waals surface area contributed by atoms with Crippen molar-refractivity contribution >= 4 is 34.7 Å². The summed E-state index contributed by atoms with van der Waals surface area (Å²) in [5, 5.41) is 21.7. The van der Waals surface area contributed by atoms with Crippen molar-refractivity contribution in [2.75, 3.05) is 11.7 Å². The molecule has 0 spiro atoms. The molecule has 1 fully saturated rings. The summed E-state index contributed by atoms with van der Waals surface area (Å²) in [5.41, 5.74) is 1.08. The van der Waals surface area contributed by atoms with Crippen molar-refractivity contribution in [3.8, 4) is 17.2 Å². The molecule has 8 heteroatoms. The Morgan fingerprint density at radius 2 is 1.72 bits per heavy atom. The van der Waals surface area contributed by atoms with Crippen LogP contribution in [0.1, 0.15) is 17.2 Å². The summed E-state index contributed by atoms with van der Waals surface area (Å²) in [6.07, 6.45) is 0. The van der Waals surface area contributed by atoms with Crippen molar-refractivity contribution in [2.45, 2.75) is 6.04 Å². The van der Waals surface area contributed by atoms with Gasteiger partial charge in [-0.1, -0.05) is 23.7 Å². The summed E-state index contributed by atoms with van der Waals surface area (Å²) < 4.78 is 10.7. The van der Waals surface area contributed by atoms with Crippen molar-refractivity contribution in [1.29, 1.82) is 0 Å². The van der Waals surface area contributed by atoms with Gasteiger partial charge in [-0.05, 0) is 60.2 Å². The van der Waals surface area contributed by atoms with Crippen molar-refractivity contribution in [1.82, 2.24) is 0 Å². The molecule has 32 heavy (non-hydrogen) atoms. The van der Waals surface area contributed by atoms with Gasteiger partial charge in [-0.15, -0.1) is 0 Å². The first kappa shape index (κ1) is 20.0. The molecule has 1 amide bonds. The second kappa shape index (κ2) is 7.62. The lowest BCUT2D eigenvalue weighted by atomic mass is 9.95. The molecule has 0 saturated carbocycles. The third-order valence-electron chi connectivity index (χ3n) is 5.38. The van der Waals surface area contributed by atoms with E-state index in [1.807, 2.05) is 0 Å². The molecule has 160 valence electrons. The van der Waals surface area contributed by atoms with E-state index in [4.69, 9.17) is 21.1 Å². The Morgan fingerprint density at radius 1 is 0.969 bits per heavy atom. The van der Waals surface area contributed by atoms with Crippen LogP contribution < -0.4 is 14.4 Å². The van der Waals surface area contributed by atoms with Gasteiger partial charge in [0, 0.05) is 16.3 Å². The molecule has 5 rings (SSSR count). The smallest absolute Gasteiger partial charge is 0.300 e. The first-order chi connectivity index (χ1) is 15.4. The monoisotopic (exact) mass is 449 g/mol. The standard InChI is InChI=1S/C24H16ClNO6/c25-15-5-7-16(8-6-15)26-21(13-2-1-3-17(27)10-13)20(23(29)24(26)30)22(28)14-4-9-18-19(11-14)32-12-31-18/h1-11,21,27-28H,12H2/b22-20-. The number of Topliss-reactive ketones (excluding diaryl/α,β-unsaturated/α-hetero) is 1. The summed E-state index contributed by atoms with van der Waals surface area (Å²) in [7, 11) is 0. The largest absolute Gasteiger partial charge is 0.508 e. The molecule has 7 nitrogen and oxygen atoms in total. The maximum atomic E-state index is 13.1. The summed E-state index contributed by atoms with van der Waals surface area (Å²) >= 11 is 5.99. The van der Waals surface area contributed by atoms with Crippen LogP contribution >= 0.6 is 11.6 Å². The third kappa shape index (κ3) is 3.23. The molecule has 0 aromatic heterocycles. The zero-order valence-corrected chi connectivity index (χ0v) is 17.2. The minimum absolute atomic E-state index is 0.0349. The van der Waals surface area contributed by atoms with Crippen molar-refractivity contribution in [3.63, 3.8) is 0 Å². The molecule has 0 radical (unpaired) electrons. The van der Waals surface area contributed by atoms with E-state index in [0.717, 1.165) is 0 Å². The molecular formula is C24H16ClNO6. The van der Waals surface area contributed by atoms with Crippen molar-refractivity contribution in [3.05, 3.63) is 88.5 Å². The van der Waals surface area contributed by atoms with Crippen LogP contribution in [0.5, 0.6) is 17.2 Å². The van der Waals surface area contributed by atoms with E-state index in [1.165, 1.54) is 17.0 Å². The van der Waals surface area contributed by atoms with Crippen LogP contribution in [0.4, 0.5) is 5.69 Å². The number of halogens is 1. The summed E-state index contributed by atoms with van der Waals surface area (Å²) in [6, 6.07) is 16.4. The van der Waals surface area contributed by atoms with E-state index in [-0.39, 0.29) is 23.9 Å². The second-order valence-electron chi connectivity index (χ2n) is 7.31. The number of phenolic OH excluding ortho intramolecular Hbond substituents is 1. The molecule has 0 bridgehead atoms. The van der Waals surface area contributed by atoms with Crippen LogP contribution in [0, 0.1) is 0 Å². The van der Waals surface area contributed by atoms with E-state index < -0.39 is 17.7 Å². The molecule has 2 N–H and O–H groups in total. The van der Waals surface area contributed by atoms with Gasteiger partial charge in [0.15, 0.2) is 11.5 Å². The van der Waals surface area contributed by atoms with E-state index in [1.54, 1.807) is 54.6 Å². The van der Waals surface area contributed by atoms with E-state index in [2.05, 4.69) is 0 Å². The highest BCUT2D eigenvalue weighted by Crippen LogP contribution is 2.44. The number of amides is 1. The number of hydrogen-bond acceptors (Lipinski definition) is 6.